The summed E-state index contributed by atoms with van der Waals surface area (Å²) in [6.45, 7) is 3.80. The van der Waals surface area contributed by atoms with E-state index in [4.69, 9.17) is 21.7 Å². The Bertz CT molecular complexity index is 1750. The average Bonchev–Trinajstić information content (AvgIpc) is 3.64. The second-order valence-electron chi connectivity index (χ2n) is 10.5. The smallest absolute Gasteiger partial charge is 0.253 e. The van der Waals surface area contributed by atoms with Gasteiger partial charge >= 0.3 is 0 Å². The minimum atomic E-state index is -0.00794. The molecule has 1 N–H and O–H groups in total. The van der Waals surface area contributed by atoms with Crippen molar-refractivity contribution in [1.29, 1.82) is 0 Å². The Kier molecular flexibility index (Phi) is 7.19. The molecule has 1 aromatic carbocycles. The first-order valence-corrected chi connectivity index (χ1v) is 15.2. The first-order valence-electron chi connectivity index (χ1n) is 14.0. The Morgan fingerprint density at radius 3 is 2.55 bits per heavy atom. The number of aromatic nitrogens is 5. The van der Waals surface area contributed by atoms with E-state index in [1.54, 1.807) is 29.8 Å². The van der Waals surface area contributed by atoms with Crippen LogP contribution in [0.3, 0.4) is 0 Å². The highest BCUT2D eigenvalue weighted by molar-refractivity contribution is 7.19. The third-order valence-corrected chi connectivity index (χ3v) is 9.29. The molecule has 5 aromatic rings. The molecule has 7 rings (SSSR count). The number of hydrogen-bond donors (Lipinski definition) is 1. The van der Waals surface area contributed by atoms with Crippen molar-refractivity contribution in [3.63, 3.8) is 0 Å². The summed E-state index contributed by atoms with van der Waals surface area (Å²) in [5.74, 6) is -0.00794. The number of rotatable bonds is 6. The van der Waals surface area contributed by atoms with Crippen molar-refractivity contribution in [2.75, 3.05) is 38.5 Å². The zero-order valence-corrected chi connectivity index (χ0v) is 24.7. The molecule has 0 spiro atoms. The normalized spacial score (nSPS) is 14.9. The maximum Gasteiger partial charge on any atom is 0.253 e. The van der Waals surface area contributed by atoms with Gasteiger partial charge in [-0.1, -0.05) is 29.0 Å². The van der Waals surface area contributed by atoms with Crippen molar-refractivity contribution in [2.45, 2.75) is 19.4 Å². The molecule has 0 bridgehead atoms. The van der Waals surface area contributed by atoms with E-state index in [-0.39, 0.29) is 5.91 Å². The summed E-state index contributed by atoms with van der Waals surface area (Å²) in [5.41, 5.74) is 7.55. The number of thiazole rings is 1. The molecule has 1 amide bonds. The van der Waals surface area contributed by atoms with Gasteiger partial charge in [0.1, 0.15) is 0 Å². The molecule has 2 aliphatic rings. The van der Waals surface area contributed by atoms with E-state index in [0.29, 0.717) is 23.7 Å². The van der Waals surface area contributed by atoms with E-state index in [2.05, 4.69) is 26.3 Å². The Hall–Kier alpha value is -4.12. The van der Waals surface area contributed by atoms with Gasteiger partial charge in [-0.3, -0.25) is 19.7 Å². The average molecular weight is 597 g/mol. The quantitative estimate of drug-likeness (QED) is 0.288. The van der Waals surface area contributed by atoms with Crippen molar-refractivity contribution in [2.24, 2.45) is 0 Å². The molecular formula is C31H29ClN8OS. The van der Waals surface area contributed by atoms with Crippen LogP contribution in [0.1, 0.15) is 27.2 Å². The zero-order valence-electron chi connectivity index (χ0n) is 23.1. The number of benzene rings is 1. The minimum absolute atomic E-state index is 0.00794. The maximum absolute atomic E-state index is 13.5. The molecule has 1 saturated heterocycles. The van der Waals surface area contributed by atoms with Crippen molar-refractivity contribution >= 4 is 34.0 Å². The van der Waals surface area contributed by atoms with Gasteiger partial charge in [-0.05, 0) is 54.8 Å². The van der Waals surface area contributed by atoms with E-state index >= 15 is 0 Å². The van der Waals surface area contributed by atoms with Crippen LogP contribution in [0.4, 0.5) is 5.13 Å². The SMILES string of the molecule is CNc1nc2c(s1)-c1c(c(-c3cccnc3)nn1-c1ccc(C(=O)N3CCN(Cc4cccnc4)CC3)cc1Cl)CC2. The van der Waals surface area contributed by atoms with E-state index in [1.807, 2.05) is 59.4 Å². The van der Waals surface area contributed by atoms with Gasteiger partial charge in [0.2, 0.25) is 0 Å². The first kappa shape index (κ1) is 26.8. The van der Waals surface area contributed by atoms with Crippen LogP contribution in [-0.2, 0) is 19.4 Å². The lowest BCUT2D eigenvalue weighted by atomic mass is 9.95. The topological polar surface area (TPSA) is 92.1 Å². The predicted molar refractivity (Wildman–Crippen MR) is 165 cm³/mol. The highest BCUT2D eigenvalue weighted by Crippen LogP contribution is 2.44. The second-order valence-corrected chi connectivity index (χ2v) is 11.9. The van der Waals surface area contributed by atoms with Crippen molar-refractivity contribution in [3.05, 3.63) is 94.7 Å². The predicted octanol–water partition coefficient (Wildman–Crippen LogP) is 5.20. The molecule has 0 saturated carbocycles. The number of fused-ring (bicyclic) bond motifs is 3. The zero-order chi connectivity index (χ0) is 28.6. The molecule has 1 aliphatic heterocycles. The molecule has 1 fully saturated rings. The van der Waals surface area contributed by atoms with Crippen LogP contribution < -0.4 is 5.32 Å². The number of anilines is 1. The summed E-state index contributed by atoms with van der Waals surface area (Å²) in [7, 11) is 1.89. The van der Waals surface area contributed by atoms with E-state index < -0.39 is 0 Å². The fraction of sp³-hybridized carbons (Fsp3) is 0.258. The van der Waals surface area contributed by atoms with E-state index in [0.717, 1.165) is 76.4 Å². The number of nitrogens with zero attached hydrogens (tertiary/aromatic N) is 7. The summed E-state index contributed by atoms with van der Waals surface area (Å²) in [6, 6.07) is 13.5. The molecule has 0 atom stereocenters. The first-order chi connectivity index (χ1) is 20.6. The molecule has 9 nitrogen and oxygen atoms in total. The molecule has 0 radical (unpaired) electrons. The fourth-order valence-corrected chi connectivity index (χ4v) is 7.02. The van der Waals surface area contributed by atoms with Gasteiger partial charge in [0, 0.05) is 81.2 Å². The van der Waals surface area contributed by atoms with Crippen LogP contribution in [0.2, 0.25) is 5.02 Å². The molecule has 1 aliphatic carbocycles. The summed E-state index contributed by atoms with van der Waals surface area (Å²) in [4.78, 5) is 32.2. The highest BCUT2D eigenvalue weighted by atomic mass is 35.5. The van der Waals surface area contributed by atoms with Crippen LogP contribution >= 0.6 is 22.9 Å². The highest BCUT2D eigenvalue weighted by Gasteiger charge is 2.31. The van der Waals surface area contributed by atoms with Gasteiger partial charge in [-0.15, -0.1) is 0 Å². The molecule has 11 heteroatoms. The summed E-state index contributed by atoms with van der Waals surface area (Å²) in [5, 5.41) is 9.61. The monoisotopic (exact) mass is 596 g/mol. The largest absolute Gasteiger partial charge is 0.365 e. The van der Waals surface area contributed by atoms with Crippen molar-refractivity contribution in [3.8, 4) is 27.5 Å². The number of nitrogens with one attached hydrogen (secondary N) is 1. The minimum Gasteiger partial charge on any atom is -0.365 e. The van der Waals surface area contributed by atoms with Crippen molar-refractivity contribution in [1.82, 2.24) is 34.5 Å². The lowest BCUT2D eigenvalue weighted by molar-refractivity contribution is 0.0628. The summed E-state index contributed by atoms with van der Waals surface area (Å²) in [6.07, 6.45) is 8.95. The Labute approximate surface area is 252 Å². The lowest BCUT2D eigenvalue weighted by Gasteiger charge is -2.34. The van der Waals surface area contributed by atoms with Gasteiger partial charge in [0.25, 0.3) is 5.91 Å². The number of carbonyl (C=O) groups excluding carboxylic acids is 1. The van der Waals surface area contributed by atoms with Crippen LogP contribution in [0.15, 0.2) is 67.3 Å². The maximum atomic E-state index is 13.5. The number of amides is 1. The molecule has 42 heavy (non-hydrogen) atoms. The molecule has 0 unspecified atom stereocenters. The molecular weight excluding hydrogens is 568 g/mol. The second kappa shape index (κ2) is 11.3. The van der Waals surface area contributed by atoms with Crippen LogP contribution in [0.25, 0.3) is 27.5 Å². The van der Waals surface area contributed by atoms with Gasteiger partial charge < -0.3 is 10.2 Å². The van der Waals surface area contributed by atoms with Crippen LogP contribution in [0.5, 0.6) is 0 Å². The number of aryl methyl sites for hydroxylation is 1. The lowest BCUT2D eigenvalue weighted by Crippen LogP contribution is -2.48. The Morgan fingerprint density at radius 1 is 1.02 bits per heavy atom. The Balaban J connectivity index is 1.17. The number of hydrogen-bond acceptors (Lipinski definition) is 8. The third-order valence-electron chi connectivity index (χ3n) is 7.87. The van der Waals surface area contributed by atoms with Gasteiger partial charge in [-0.2, -0.15) is 5.10 Å². The standard InChI is InChI=1S/C31H29ClN8OS/c1-33-31-36-25-8-7-23-27(22-5-3-11-35-18-22)37-40(28(23)29(25)42-31)26-9-6-21(16-24(26)32)30(41)39-14-12-38(13-15-39)19-20-4-2-10-34-17-20/h2-6,9-11,16-18H,7-8,12-15,19H2,1H3,(H,33,36). The molecule has 212 valence electrons. The summed E-state index contributed by atoms with van der Waals surface area (Å²) >= 11 is 8.55. The van der Waals surface area contributed by atoms with Crippen LogP contribution in [-0.4, -0.2) is 73.7 Å². The number of piperazine rings is 1. The fourth-order valence-electron chi connectivity index (χ4n) is 5.74. The number of pyridine rings is 2. The number of carbonyl (C=O) groups is 1. The van der Waals surface area contributed by atoms with Crippen molar-refractivity contribution < 1.29 is 4.79 Å². The molecule has 5 heterocycles. The van der Waals surface area contributed by atoms with Crippen LogP contribution in [0, 0.1) is 0 Å². The van der Waals surface area contributed by atoms with E-state index in [1.165, 1.54) is 5.56 Å². The third kappa shape index (κ3) is 4.95. The van der Waals surface area contributed by atoms with Gasteiger partial charge in [0.15, 0.2) is 5.13 Å². The number of halogens is 1. The van der Waals surface area contributed by atoms with E-state index in [9.17, 15) is 4.79 Å². The van der Waals surface area contributed by atoms with Gasteiger partial charge in [0.05, 0.1) is 32.7 Å². The Morgan fingerprint density at radius 2 is 1.83 bits per heavy atom. The van der Waals surface area contributed by atoms with Gasteiger partial charge in [-0.25, -0.2) is 9.67 Å². The summed E-state index contributed by atoms with van der Waals surface area (Å²) < 4.78 is 1.92. The molecule has 4 aromatic heterocycles.